The number of hydrogen-bond acceptors (Lipinski definition) is 3. The van der Waals surface area contributed by atoms with E-state index in [1.165, 1.54) is 12.1 Å². The molecule has 0 amide bonds. The van der Waals surface area contributed by atoms with Gasteiger partial charge in [-0.1, -0.05) is 12.1 Å². The average Bonchev–Trinajstić information content (AvgIpc) is 2.92. The quantitative estimate of drug-likeness (QED) is 0.693. The number of halogens is 1. The van der Waals surface area contributed by atoms with Crippen LogP contribution in [-0.2, 0) is 11.3 Å². The van der Waals surface area contributed by atoms with Crippen molar-refractivity contribution in [2.75, 3.05) is 6.61 Å². The number of esters is 1. The first-order chi connectivity index (χ1) is 10.7. The molecule has 0 N–H and O–H groups in total. The molecule has 1 aromatic carbocycles. The Hall–Kier alpha value is -2.69. The van der Waals surface area contributed by atoms with Gasteiger partial charge in [0.05, 0.1) is 18.3 Å². The van der Waals surface area contributed by atoms with Crippen LogP contribution in [0, 0.1) is 5.82 Å². The van der Waals surface area contributed by atoms with Gasteiger partial charge >= 0.3 is 5.97 Å². The molecule has 0 fully saturated rings. The molecule has 5 heteroatoms. The van der Waals surface area contributed by atoms with E-state index in [-0.39, 0.29) is 5.82 Å². The molecule has 3 aromatic rings. The normalized spacial score (nSPS) is 10.8. The van der Waals surface area contributed by atoms with E-state index >= 15 is 0 Å². The van der Waals surface area contributed by atoms with E-state index in [9.17, 15) is 9.18 Å². The number of nitrogens with zero attached hydrogens (tertiary/aromatic N) is 2. The molecule has 0 unspecified atom stereocenters. The lowest BCUT2D eigenvalue weighted by Crippen LogP contribution is -2.07. The van der Waals surface area contributed by atoms with Gasteiger partial charge in [-0.3, -0.25) is 0 Å². The standard InChI is InChI=1S/C17H15FN2O2/c1-2-22-17(21)15-9-13-7-8-20(16(13)10-19-15)11-12-3-5-14(18)6-4-12/h3-10H,2,11H2,1H3. The van der Waals surface area contributed by atoms with E-state index in [1.807, 2.05) is 16.8 Å². The molecule has 0 saturated heterocycles. The van der Waals surface area contributed by atoms with Crippen molar-refractivity contribution in [1.82, 2.24) is 9.55 Å². The predicted octanol–water partition coefficient (Wildman–Crippen LogP) is 3.40. The zero-order valence-corrected chi connectivity index (χ0v) is 12.1. The molecule has 4 nitrogen and oxygen atoms in total. The SMILES string of the molecule is CCOC(=O)c1cc2ccn(Cc3ccc(F)cc3)c2cn1. The summed E-state index contributed by atoms with van der Waals surface area (Å²) in [6.45, 7) is 2.70. The lowest BCUT2D eigenvalue weighted by atomic mass is 10.2. The lowest BCUT2D eigenvalue weighted by Gasteiger charge is -2.06. The van der Waals surface area contributed by atoms with Gasteiger partial charge in [-0.25, -0.2) is 14.2 Å². The van der Waals surface area contributed by atoms with Crippen LogP contribution in [0.25, 0.3) is 10.9 Å². The summed E-state index contributed by atoms with van der Waals surface area (Å²) < 4.78 is 19.9. The first kappa shape index (κ1) is 14.3. The second-order valence-electron chi connectivity index (χ2n) is 4.92. The minimum Gasteiger partial charge on any atom is -0.461 e. The predicted molar refractivity (Wildman–Crippen MR) is 81.2 cm³/mol. The molecule has 0 aliphatic rings. The Morgan fingerprint density at radius 1 is 1.27 bits per heavy atom. The number of pyridine rings is 1. The summed E-state index contributed by atoms with van der Waals surface area (Å²) in [5, 5.41) is 0.917. The molecule has 0 atom stereocenters. The Bertz CT molecular complexity index is 809. The molecule has 0 spiro atoms. The van der Waals surface area contributed by atoms with E-state index in [2.05, 4.69) is 4.98 Å². The van der Waals surface area contributed by atoms with Gasteiger partial charge in [0.1, 0.15) is 11.5 Å². The van der Waals surface area contributed by atoms with Crippen LogP contribution in [0.3, 0.4) is 0 Å². The molecule has 0 bridgehead atoms. The minimum absolute atomic E-state index is 0.248. The van der Waals surface area contributed by atoms with Crippen molar-refractivity contribution in [3.63, 3.8) is 0 Å². The van der Waals surface area contributed by atoms with Gasteiger partial charge in [-0.2, -0.15) is 0 Å². The number of carbonyl (C=O) groups is 1. The average molecular weight is 298 g/mol. The molecule has 112 valence electrons. The third kappa shape index (κ3) is 2.83. The Morgan fingerprint density at radius 2 is 2.05 bits per heavy atom. The molecular weight excluding hydrogens is 283 g/mol. The van der Waals surface area contributed by atoms with Crippen molar-refractivity contribution in [3.8, 4) is 0 Å². The summed E-state index contributed by atoms with van der Waals surface area (Å²) >= 11 is 0. The number of carbonyl (C=O) groups excluding carboxylic acids is 1. The van der Waals surface area contributed by atoms with Crippen LogP contribution in [0.2, 0.25) is 0 Å². The second kappa shape index (κ2) is 5.97. The summed E-state index contributed by atoms with van der Waals surface area (Å²) in [5.74, 6) is -0.669. The molecule has 2 heterocycles. The van der Waals surface area contributed by atoms with E-state index in [0.717, 1.165) is 16.5 Å². The summed E-state index contributed by atoms with van der Waals surface area (Å²) in [7, 11) is 0. The van der Waals surface area contributed by atoms with Gasteiger partial charge in [0.15, 0.2) is 0 Å². The lowest BCUT2D eigenvalue weighted by molar-refractivity contribution is 0.0519. The molecule has 0 aliphatic heterocycles. The van der Waals surface area contributed by atoms with Gasteiger partial charge in [-0.15, -0.1) is 0 Å². The van der Waals surface area contributed by atoms with E-state index in [0.29, 0.717) is 18.8 Å². The van der Waals surface area contributed by atoms with E-state index in [1.54, 1.807) is 31.3 Å². The summed E-state index contributed by atoms with van der Waals surface area (Å²) in [6.07, 6.45) is 3.58. The number of fused-ring (bicyclic) bond motifs is 1. The van der Waals surface area contributed by atoms with Crippen molar-refractivity contribution in [3.05, 3.63) is 65.9 Å². The largest absolute Gasteiger partial charge is 0.461 e. The van der Waals surface area contributed by atoms with Crippen molar-refractivity contribution in [1.29, 1.82) is 0 Å². The first-order valence-corrected chi connectivity index (χ1v) is 7.04. The maximum atomic E-state index is 12.9. The van der Waals surface area contributed by atoms with Gasteiger partial charge in [0.2, 0.25) is 0 Å². The van der Waals surface area contributed by atoms with E-state index in [4.69, 9.17) is 4.74 Å². The number of aromatic nitrogens is 2. The van der Waals surface area contributed by atoms with Crippen molar-refractivity contribution in [2.24, 2.45) is 0 Å². The maximum Gasteiger partial charge on any atom is 0.356 e. The smallest absolute Gasteiger partial charge is 0.356 e. The highest BCUT2D eigenvalue weighted by Gasteiger charge is 2.10. The van der Waals surface area contributed by atoms with Gasteiger partial charge < -0.3 is 9.30 Å². The third-order valence-corrected chi connectivity index (χ3v) is 3.41. The second-order valence-corrected chi connectivity index (χ2v) is 4.92. The van der Waals surface area contributed by atoms with Crippen molar-refractivity contribution in [2.45, 2.75) is 13.5 Å². The topological polar surface area (TPSA) is 44.1 Å². The first-order valence-electron chi connectivity index (χ1n) is 7.04. The number of benzene rings is 1. The molecule has 0 radical (unpaired) electrons. The molecule has 22 heavy (non-hydrogen) atoms. The summed E-state index contributed by atoms with van der Waals surface area (Å²) in [4.78, 5) is 15.8. The van der Waals surface area contributed by atoms with Crippen LogP contribution in [-0.4, -0.2) is 22.1 Å². The minimum atomic E-state index is -0.421. The zero-order valence-electron chi connectivity index (χ0n) is 12.1. The highest BCUT2D eigenvalue weighted by atomic mass is 19.1. The summed E-state index contributed by atoms with van der Waals surface area (Å²) in [6, 6.07) is 10.0. The Morgan fingerprint density at radius 3 is 2.77 bits per heavy atom. The number of hydrogen-bond donors (Lipinski definition) is 0. The molecule has 2 aromatic heterocycles. The van der Waals surface area contributed by atoms with Gasteiger partial charge in [0.25, 0.3) is 0 Å². The highest BCUT2D eigenvalue weighted by molar-refractivity contribution is 5.92. The number of ether oxygens (including phenoxy) is 1. The molecule has 0 saturated carbocycles. The molecule has 3 rings (SSSR count). The number of rotatable bonds is 4. The highest BCUT2D eigenvalue weighted by Crippen LogP contribution is 2.18. The van der Waals surface area contributed by atoms with Crippen LogP contribution in [0.4, 0.5) is 4.39 Å². The third-order valence-electron chi connectivity index (χ3n) is 3.41. The Balaban J connectivity index is 1.89. The fourth-order valence-corrected chi connectivity index (χ4v) is 2.33. The van der Waals surface area contributed by atoms with Gasteiger partial charge in [-0.05, 0) is 36.8 Å². The molecule has 0 aliphatic carbocycles. The maximum absolute atomic E-state index is 12.9. The Labute approximate surface area is 127 Å². The summed E-state index contributed by atoms with van der Waals surface area (Å²) in [5.41, 5.74) is 2.21. The van der Waals surface area contributed by atoms with Crippen molar-refractivity contribution >= 4 is 16.9 Å². The fraction of sp³-hybridized carbons (Fsp3) is 0.176. The molecular formula is C17H15FN2O2. The zero-order chi connectivity index (χ0) is 15.5. The fourth-order valence-electron chi connectivity index (χ4n) is 2.33. The monoisotopic (exact) mass is 298 g/mol. The Kier molecular flexibility index (Phi) is 3.87. The van der Waals surface area contributed by atoms with Crippen LogP contribution in [0.5, 0.6) is 0 Å². The van der Waals surface area contributed by atoms with Crippen LogP contribution >= 0.6 is 0 Å². The van der Waals surface area contributed by atoms with Gasteiger partial charge in [0, 0.05) is 18.1 Å². The van der Waals surface area contributed by atoms with Crippen molar-refractivity contribution < 1.29 is 13.9 Å². The van der Waals surface area contributed by atoms with E-state index < -0.39 is 5.97 Å². The van der Waals surface area contributed by atoms with Crippen LogP contribution in [0.15, 0.2) is 48.8 Å². The van der Waals surface area contributed by atoms with Crippen LogP contribution in [0.1, 0.15) is 23.0 Å². The van der Waals surface area contributed by atoms with Crippen LogP contribution < -0.4 is 0 Å².